The van der Waals surface area contributed by atoms with Crippen LogP contribution in [0.25, 0.3) is 17.4 Å². The number of hydrogen-bond acceptors (Lipinski definition) is 5. The van der Waals surface area contributed by atoms with Crippen LogP contribution in [0.4, 0.5) is 15.8 Å². The van der Waals surface area contributed by atoms with E-state index in [4.69, 9.17) is 28.2 Å². The summed E-state index contributed by atoms with van der Waals surface area (Å²) in [6.45, 7) is 6.00. The fourth-order valence-corrected chi connectivity index (χ4v) is 5.00. The lowest BCUT2D eigenvalue weighted by atomic mass is 10.1. The van der Waals surface area contributed by atoms with Crippen molar-refractivity contribution in [3.8, 4) is 11.3 Å². The zero-order valence-electron chi connectivity index (χ0n) is 22.6. The van der Waals surface area contributed by atoms with Crippen LogP contribution in [0, 0.1) is 12.7 Å². The second-order valence-corrected chi connectivity index (χ2v) is 10.7. The lowest BCUT2D eigenvalue weighted by Gasteiger charge is -2.36. The molecule has 2 heterocycles. The number of hydrogen-bond donors (Lipinski definition) is 2. The van der Waals surface area contributed by atoms with E-state index in [2.05, 4.69) is 20.4 Å². The number of amides is 1. The van der Waals surface area contributed by atoms with Crippen molar-refractivity contribution in [1.82, 2.24) is 10.2 Å². The van der Waals surface area contributed by atoms with Crippen LogP contribution in [0.1, 0.15) is 16.9 Å². The molecule has 0 bridgehead atoms. The minimum Gasteiger partial charge on any atom is -0.457 e. The molecule has 1 fully saturated rings. The van der Waals surface area contributed by atoms with Gasteiger partial charge >= 0.3 is 0 Å². The zero-order valence-corrected chi connectivity index (χ0v) is 24.1. The molecule has 0 atom stereocenters. The number of rotatable bonds is 7. The Hall–Kier alpha value is -3.98. The van der Waals surface area contributed by atoms with E-state index < -0.39 is 0 Å². The molecule has 1 saturated heterocycles. The first-order chi connectivity index (χ1) is 19.8. The normalized spacial score (nSPS) is 13.9. The molecule has 1 amide bonds. The Kier molecular flexibility index (Phi) is 9.14. The molecule has 0 spiro atoms. The van der Waals surface area contributed by atoms with Gasteiger partial charge in [0.1, 0.15) is 17.3 Å². The maximum Gasteiger partial charge on any atom is 0.250 e. The van der Waals surface area contributed by atoms with Crippen molar-refractivity contribution in [2.45, 2.75) is 13.5 Å². The van der Waals surface area contributed by atoms with E-state index in [9.17, 15) is 9.18 Å². The Morgan fingerprint density at radius 2 is 1.78 bits per heavy atom. The number of furan rings is 1. The molecule has 1 aromatic heterocycles. The Morgan fingerprint density at radius 3 is 2.51 bits per heavy atom. The molecule has 0 unspecified atom stereocenters. The number of carbonyl (C=O) groups is 1. The van der Waals surface area contributed by atoms with Crippen LogP contribution in [0.15, 0.2) is 89.4 Å². The van der Waals surface area contributed by atoms with Gasteiger partial charge in [-0.25, -0.2) is 4.39 Å². The summed E-state index contributed by atoms with van der Waals surface area (Å²) in [5, 5.41) is 6.56. The van der Waals surface area contributed by atoms with Crippen molar-refractivity contribution in [3.63, 3.8) is 0 Å². The van der Waals surface area contributed by atoms with Crippen molar-refractivity contribution in [3.05, 3.63) is 113 Å². The van der Waals surface area contributed by atoms with E-state index in [1.165, 1.54) is 12.1 Å². The third-order valence-electron chi connectivity index (χ3n) is 6.93. The first kappa shape index (κ1) is 28.5. The van der Waals surface area contributed by atoms with Gasteiger partial charge in [0.2, 0.25) is 5.91 Å². The highest BCUT2D eigenvalue weighted by Gasteiger charge is 2.18. The average molecular weight is 589 g/mol. The minimum atomic E-state index is -0.372. The predicted octanol–water partition coefficient (Wildman–Crippen LogP) is 6.90. The molecule has 0 radical (unpaired) electrons. The molecule has 5 rings (SSSR count). The second kappa shape index (κ2) is 13.1. The number of nitrogens with one attached hydrogen (secondary N) is 2. The summed E-state index contributed by atoms with van der Waals surface area (Å²) in [5.74, 6) is 0.675. The Labute approximate surface area is 249 Å². The molecule has 2 N–H and O–H groups in total. The van der Waals surface area contributed by atoms with Gasteiger partial charge in [0.15, 0.2) is 5.11 Å². The SMILES string of the molecule is Cc1ccc(-c2ccc(/C=C/C(=O)NC(=S)Nc3ccc(N4CCN(Cc5ccccc5F)CC4)cc3)o2)cc1Cl. The lowest BCUT2D eigenvalue weighted by molar-refractivity contribution is -0.115. The highest BCUT2D eigenvalue weighted by Crippen LogP contribution is 2.27. The molecule has 3 aromatic carbocycles. The average Bonchev–Trinajstić information content (AvgIpc) is 3.45. The summed E-state index contributed by atoms with van der Waals surface area (Å²) in [6, 6.07) is 24.2. The lowest BCUT2D eigenvalue weighted by Crippen LogP contribution is -2.46. The number of aryl methyl sites for hydroxylation is 1. The quantitative estimate of drug-likeness (QED) is 0.181. The monoisotopic (exact) mass is 588 g/mol. The van der Waals surface area contributed by atoms with E-state index in [1.54, 1.807) is 18.2 Å². The van der Waals surface area contributed by atoms with Crippen molar-refractivity contribution < 1.29 is 13.6 Å². The molecule has 6 nitrogen and oxygen atoms in total. The van der Waals surface area contributed by atoms with Gasteiger partial charge in [0, 0.05) is 66.3 Å². The Bertz CT molecular complexity index is 1560. The summed E-state index contributed by atoms with van der Waals surface area (Å²) in [5.41, 5.74) is 4.46. The molecule has 4 aromatic rings. The molecule has 0 aliphatic carbocycles. The number of anilines is 2. The summed E-state index contributed by atoms with van der Waals surface area (Å²) < 4.78 is 19.8. The van der Waals surface area contributed by atoms with Gasteiger partial charge in [0.25, 0.3) is 0 Å². The first-order valence-electron chi connectivity index (χ1n) is 13.3. The standard InChI is InChI=1S/C32H30ClFN4O2S/c1-22-6-7-23(20-28(22)33)30-14-12-27(40-30)13-15-31(39)36-32(41)35-25-8-10-26(11-9-25)38-18-16-37(17-19-38)21-24-4-2-3-5-29(24)34/h2-15,20H,16-19,21H2,1H3,(H2,35,36,39,41)/b15-13+. The van der Waals surface area contributed by atoms with E-state index in [1.807, 2.05) is 67.6 Å². The van der Waals surface area contributed by atoms with Crippen molar-refractivity contribution in [1.29, 1.82) is 0 Å². The van der Waals surface area contributed by atoms with Crippen molar-refractivity contribution in [2.24, 2.45) is 0 Å². The number of carbonyl (C=O) groups excluding carboxylic acids is 1. The van der Waals surface area contributed by atoms with Crippen LogP contribution >= 0.6 is 23.8 Å². The van der Waals surface area contributed by atoms with Gasteiger partial charge in [-0.05, 0) is 79.3 Å². The number of halogens is 2. The minimum absolute atomic E-state index is 0.153. The van der Waals surface area contributed by atoms with Crippen LogP contribution in [-0.4, -0.2) is 42.1 Å². The molecule has 41 heavy (non-hydrogen) atoms. The highest BCUT2D eigenvalue weighted by molar-refractivity contribution is 7.80. The van der Waals surface area contributed by atoms with Gasteiger partial charge in [0.05, 0.1) is 0 Å². The van der Waals surface area contributed by atoms with Crippen LogP contribution in [-0.2, 0) is 11.3 Å². The zero-order chi connectivity index (χ0) is 28.8. The Morgan fingerprint density at radius 1 is 1.02 bits per heavy atom. The van der Waals surface area contributed by atoms with Gasteiger partial charge < -0.3 is 14.6 Å². The summed E-state index contributed by atoms with van der Waals surface area (Å²) in [4.78, 5) is 17.0. The van der Waals surface area contributed by atoms with Crippen molar-refractivity contribution >= 4 is 52.3 Å². The van der Waals surface area contributed by atoms with Gasteiger partial charge in [-0.1, -0.05) is 41.9 Å². The van der Waals surface area contributed by atoms with Gasteiger partial charge in [-0.3, -0.25) is 15.0 Å². The van der Waals surface area contributed by atoms with Gasteiger partial charge in [-0.2, -0.15) is 0 Å². The largest absolute Gasteiger partial charge is 0.457 e. The van der Waals surface area contributed by atoms with Crippen LogP contribution in [0.3, 0.4) is 0 Å². The Balaban J connectivity index is 1.07. The van der Waals surface area contributed by atoms with Crippen LogP contribution in [0.2, 0.25) is 5.02 Å². The summed E-state index contributed by atoms with van der Waals surface area (Å²) >= 11 is 11.5. The molecular formula is C32H30ClFN4O2S. The summed E-state index contributed by atoms with van der Waals surface area (Å²) in [6.07, 6.45) is 2.95. The van der Waals surface area contributed by atoms with Crippen molar-refractivity contribution in [2.75, 3.05) is 36.4 Å². The molecular weight excluding hydrogens is 559 g/mol. The van der Waals surface area contributed by atoms with Crippen LogP contribution in [0.5, 0.6) is 0 Å². The fraction of sp³-hybridized carbons (Fsp3) is 0.188. The number of benzene rings is 3. The van der Waals surface area contributed by atoms with E-state index in [0.717, 1.165) is 54.2 Å². The van der Waals surface area contributed by atoms with E-state index >= 15 is 0 Å². The summed E-state index contributed by atoms with van der Waals surface area (Å²) in [7, 11) is 0. The highest BCUT2D eigenvalue weighted by atomic mass is 35.5. The van der Waals surface area contributed by atoms with E-state index in [-0.39, 0.29) is 16.8 Å². The molecule has 1 aliphatic heterocycles. The number of nitrogens with zero attached hydrogens (tertiary/aromatic N) is 2. The predicted molar refractivity (Wildman–Crippen MR) is 168 cm³/mol. The number of thiocarbonyl (C=S) groups is 1. The first-order valence-corrected chi connectivity index (χ1v) is 14.1. The second-order valence-electron chi connectivity index (χ2n) is 9.84. The third-order valence-corrected chi connectivity index (χ3v) is 7.54. The molecule has 9 heteroatoms. The fourth-order valence-electron chi connectivity index (χ4n) is 4.60. The third kappa shape index (κ3) is 7.61. The molecule has 210 valence electrons. The number of piperazine rings is 1. The molecule has 0 saturated carbocycles. The van der Waals surface area contributed by atoms with Gasteiger partial charge in [-0.15, -0.1) is 0 Å². The van der Waals surface area contributed by atoms with E-state index in [0.29, 0.717) is 23.1 Å². The maximum absolute atomic E-state index is 14.0. The van der Waals surface area contributed by atoms with Crippen LogP contribution < -0.4 is 15.5 Å². The smallest absolute Gasteiger partial charge is 0.250 e. The molecule has 1 aliphatic rings. The topological polar surface area (TPSA) is 60.8 Å². The maximum atomic E-state index is 14.0.